The Morgan fingerprint density at radius 1 is 0.432 bits per heavy atom. The topological polar surface area (TPSA) is 0 Å². The lowest BCUT2D eigenvalue weighted by Crippen LogP contribution is -1.89. The van der Waals surface area contributed by atoms with Gasteiger partial charge in [-0.15, -0.1) is 22.7 Å². The van der Waals surface area contributed by atoms with E-state index in [2.05, 4.69) is 123 Å². The second kappa shape index (κ2) is 11.4. The molecule has 0 atom stereocenters. The summed E-state index contributed by atoms with van der Waals surface area (Å²) < 4.78 is 8.17. The third kappa shape index (κ3) is 5.08. The molecule has 6 heteroatoms. The average Bonchev–Trinajstić information content (AvgIpc) is 3.78. The van der Waals surface area contributed by atoms with Crippen molar-refractivity contribution in [1.29, 1.82) is 0 Å². The number of aryl methyl sites for hydroxylation is 4. The molecule has 0 aliphatic carbocycles. The molecule has 44 heavy (non-hydrogen) atoms. The molecule has 0 nitrogen and oxygen atoms in total. The number of thiophene rings is 2. The van der Waals surface area contributed by atoms with Crippen molar-refractivity contribution >= 4 is 86.8 Å². The lowest BCUT2D eigenvalue weighted by atomic mass is 9.90. The Labute approximate surface area is 281 Å². The zero-order valence-corrected chi connectivity index (χ0v) is 29.6. The van der Waals surface area contributed by atoms with Crippen molar-refractivity contribution in [3.63, 3.8) is 0 Å². The molecule has 214 valence electrons. The van der Waals surface area contributed by atoms with E-state index in [1.54, 1.807) is 0 Å². The zero-order chi connectivity index (χ0) is 29.9. The summed E-state index contributed by atoms with van der Waals surface area (Å²) in [6.45, 7) is 8.86. The molecule has 0 spiro atoms. The third-order valence-corrected chi connectivity index (χ3v) is 15.4. The maximum Gasteiger partial charge on any atom is 0.191 e. The molecule has 4 aromatic carbocycles. The van der Waals surface area contributed by atoms with E-state index in [4.69, 9.17) is 0 Å². The van der Waals surface area contributed by atoms with Crippen LogP contribution in [0.1, 0.15) is 22.3 Å². The van der Waals surface area contributed by atoms with Gasteiger partial charge in [0.25, 0.3) is 0 Å². The summed E-state index contributed by atoms with van der Waals surface area (Å²) in [5, 5.41) is 4.83. The molecule has 0 aliphatic heterocycles. The summed E-state index contributed by atoms with van der Waals surface area (Å²) in [4.78, 5) is 2.75. The van der Waals surface area contributed by atoms with E-state index in [1.807, 2.05) is 68.0 Å². The molecule has 0 N–H and O–H groups in total. The van der Waals surface area contributed by atoms with Crippen molar-refractivity contribution in [3.8, 4) is 51.5 Å². The van der Waals surface area contributed by atoms with Crippen LogP contribution >= 0.6 is 68.0 Å². The Morgan fingerprint density at radius 3 is 1.07 bits per heavy atom. The number of hydrogen-bond acceptors (Lipinski definition) is 6. The lowest BCUT2D eigenvalue weighted by molar-refractivity contribution is 1.38. The minimum Gasteiger partial charge on any atom is -0.118 e. The summed E-state index contributed by atoms with van der Waals surface area (Å²) in [7, 11) is 0. The molecule has 0 amide bonds. The molecule has 0 bridgehead atoms. The Balaban J connectivity index is 1.48. The molecule has 4 aromatic heterocycles. The van der Waals surface area contributed by atoms with E-state index in [9.17, 15) is 0 Å². The van der Waals surface area contributed by atoms with Crippen LogP contribution in [0.25, 0.3) is 70.3 Å². The molecular weight excluding hydrogens is 649 g/mol. The van der Waals surface area contributed by atoms with Crippen LogP contribution in [0.15, 0.2) is 95.7 Å². The average molecular weight is 677 g/mol. The fraction of sp³-hybridized carbons (Fsp3) is 0.105. The fourth-order valence-corrected chi connectivity index (χ4v) is 13.7. The first-order chi connectivity index (χ1) is 21.4. The summed E-state index contributed by atoms with van der Waals surface area (Å²) in [6, 6.07) is 31.7. The predicted molar refractivity (Wildman–Crippen MR) is 204 cm³/mol. The van der Waals surface area contributed by atoms with E-state index in [-0.39, 0.29) is 0 Å². The van der Waals surface area contributed by atoms with Gasteiger partial charge in [-0.3, -0.25) is 0 Å². The van der Waals surface area contributed by atoms with Gasteiger partial charge in [-0.05, 0) is 108 Å². The Bertz CT molecular complexity index is 2070. The van der Waals surface area contributed by atoms with Gasteiger partial charge in [0.2, 0.25) is 0 Å². The number of hydrogen-bond donors (Lipinski definition) is 0. The van der Waals surface area contributed by atoms with Crippen LogP contribution < -0.4 is 0 Å². The van der Waals surface area contributed by atoms with Crippen molar-refractivity contribution in [2.75, 3.05) is 0 Å². The Morgan fingerprint density at radius 2 is 0.750 bits per heavy atom. The van der Waals surface area contributed by atoms with Crippen LogP contribution in [-0.2, 0) is 0 Å². The second-order valence-electron chi connectivity index (χ2n) is 11.3. The molecule has 0 saturated heterocycles. The minimum absolute atomic E-state index is 1.30. The van der Waals surface area contributed by atoms with Crippen LogP contribution in [0.3, 0.4) is 0 Å². The largest absolute Gasteiger partial charge is 0.191 e. The van der Waals surface area contributed by atoms with Gasteiger partial charge in [0.15, 0.2) is 36.9 Å². The summed E-state index contributed by atoms with van der Waals surface area (Å²) in [6.07, 6.45) is 0. The molecule has 8 rings (SSSR count). The lowest BCUT2D eigenvalue weighted by Gasteiger charge is -2.08. The van der Waals surface area contributed by atoms with E-state index >= 15 is 0 Å². The summed E-state index contributed by atoms with van der Waals surface area (Å²) >= 11 is 11.5. The quantitative estimate of drug-likeness (QED) is 0.159. The van der Waals surface area contributed by atoms with Gasteiger partial charge >= 0.3 is 0 Å². The molecular formula is C38H28S6+2. The first kappa shape index (κ1) is 28.4. The smallest absolute Gasteiger partial charge is 0.118 e. The Hall–Kier alpha value is -3.10. The maximum atomic E-state index is 2.41. The Kier molecular flexibility index (Phi) is 7.33. The number of benzene rings is 4. The first-order valence-electron chi connectivity index (χ1n) is 14.5. The highest BCUT2D eigenvalue weighted by atomic mass is 32.2. The van der Waals surface area contributed by atoms with Crippen LogP contribution in [0, 0.1) is 27.7 Å². The van der Waals surface area contributed by atoms with Gasteiger partial charge < -0.3 is 0 Å². The highest BCUT2D eigenvalue weighted by Gasteiger charge is 2.35. The van der Waals surface area contributed by atoms with Crippen LogP contribution in [0.2, 0.25) is 0 Å². The summed E-state index contributed by atoms with van der Waals surface area (Å²) in [5.41, 5.74) is 13.2. The number of rotatable bonds is 5. The van der Waals surface area contributed by atoms with E-state index in [0.29, 0.717) is 0 Å². The van der Waals surface area contributed by atoms with Gasteiger partial charge in [-0.1, -0.05) is 58.7 Å². The molecule has 0 radical (unpaired) electrons. The molecule has 0 aliphatic rings. The predicted octanol–water partition coefficient (Wildman–Crippen LogP) is 14.5. The van der Waals surface area contributed by atoms with Crippen molar-refractivity contribution in [1.82, 2.24) is 0 Å². The second-order valence-corrected chi connectivity index (χ2v) is 17.8. The fourth-order valence-electron chi connectivity index (χ4n) is 6.06. The summed E-state index contributed by atoms with van der Waals surface area (Å²) in [5.74, 6) is 0. The SMILES string of the molecule is Cc1cc(C)cc(-c2csc(-[c+]3sc4ccccc4s3)c2-c2c(-c3cc(C)cc(C)c3)csc2-[c+]2sc3ccccc3s2)c1. The highest BCUT2D eigenvalue weighted by Crippen LogP contribution is 2.57. The minimum atomic E-state index is 1.30. The zero-order valence-electron chi connectivity index (χ0n) is 24.7. The molecule has 0 saturated carbocycles. The standard InChI is InChI=1S/C38H28S6/c1-21-13-22(2)16-25(15-21)27-19-39-35(37-41-29-9-5-6-10-30(29)42-37)33(27)34-28(26-17-23(3)14-24(4)18-26)20-40-36(34)38-43-31-11-7-8-12-32(31)44-38/h5-20H,1-4H3/q+2. The van der Waals surface area contributed by atoms with Crippen LogP contribution in [0.4, 0.5) is 0 Å². The van der Waals surface area contributed by atoms with Gasteiger partial charge in [-0.25, -0.2) is 0 Å². The van der Waals surface area contributed by atoms with Gasteiger partial charge in [0, 0.05) is 35.0 Å². The van der Waals surface area contributed by atoms with E-state index < -0.39 is 0 Å². The normalized spacial score (nSPS) is 11.6. The van der Waals surface area contributed by atoms with Crippen molar-refractivity contribution in [2.24, 2.45) is 0 Å². The molecule has 8 aromatic rings. The van der Waals surface area contributed by atoms with Gasteiger partial charge in [0.1, 0.15) is 11.1 Å². The van der Waals surface area contributed by atoms with Crippen molar-refractivity contribution in [2.45, 2.75) is 27.7 Å². The first-order valence-corrected chi connectivity index (χ1v) is 19.5. The van der Waals surface area contributed by atoms with Crippen LogP contribution in [-0.4, -0.2) is 0 Å². The monoisotopic (exact) mass is 676 g/mol. The van der Waals surface area contributed by atoms with Crippen molar-refractivity contribution in [3.05, 3.63) is 118 Å². The maximum absolute atomic E-state index is 2.41. The molecule has 4 heterocycles. The van der Waals surface area contributed by atoms with E-state index in [1.165, 1.54) is 92.6 Å². The van der Waals surface area contributed by atoms with Crippen molar-refractivity contribution < 1.29 is 0 Å². The molecule has 0 fully saturated rings. The highest BCUT2D eigenvalue weighted by molar-refractivity contribution is 7.45. The van der Waals surface area contributed by atoms with Gasteiger partial charge in [-0.2, -0.15) is 0 Å². The third-order valence-electron chi connectivity index (χ3n) is 7.78. The molecule has 0 unspecified atom stereocenters. The number of fused-ring (bicyclic) bond motifs is 2. The van der Waals surface area contributed by atoms with E-state index in [0.717, 1.165) is 0 Å². The van der Waals surface area contributed by atoms with Gasteiger partial charge in [0.05, 0.1) is 11.1 Å². The van der Waals surface area contributed by atoms with Crippen LogP contribution in [0.5, 0.6) is 0 Å².